The zero-order chi connectivity index (χ0) is 17.5. The summed E-state index contributed by atoms with van der Waals surface area (Å²) >= 11 is 3.35. The molecule has 0 saturated heterocycles. The summed E-state index contributed by atoms with van der Waals surface area (Å²) in [6, 6.07) is 12.8. The van der Waals surface area contributed by atoms with Crippen molar-refractivity contribution in [1.29, 1.82) is 0 Å². The summed E-state index contributed by atoms with van der Waals surface area (Å²) in [6.45, 7) is 5.37. The predicted molar refractivity (Wildman–Crippen MR) is 96.7 cm³/mol. The first-order valence-electron chi connectivity index (χ1n) is 7.68. The fraction of sp³-hybridized carbons (Fsp3) is 0.263. The summed E-state index contributed by atoms with van der Waals surface area (Å²) < 4.78 is 6.72. The van der Waals surface area contributed by atoms with Crippen molar-refractivity contribution in [2.24, 2.45) is 0 Å². The van der Waals surface area contributed by atoms with Crippen LogP contribution in [-0.2, 0) is 4.79 Å². The van der Waals surface area contributed by atoms with E-state index in [0.717, 1.165) is 10.0 Å². The number of fused-ring (bicyclic) bond motifs is 1. The van der Waals surface area contributed by atoms with Crippen LogP contribution in [0.15, 0.2) is 46.9 Å². The third-order valence-electron chi connectivity index (χ3n) is 4.00. The molecular weight excluding hydrogens is 370 g/mol. The summed E-state index contributed by atoms with van der Waals surface area (Å²) in [5.41, 5.74) is 1.22. The average molecular weight is 388 g/mol. The van der Waals surface area contributed by atoms with E-state index >= 15 is 0 Å². The first-order chi connectivity index (χ1) is 11.3. The summed E-state index contributed by atoms with van der Waals surface area (Å²) in [6.07, 6.45) is 0. The minimum Gasteiger partial charge on any atom is -0.476 e. The molecule has 4 nitrogen and oxygen atoms in total. The molecule has 1 heterocycles. The van der Waals surface area contributed by atoms with E-state index in [0.29, 0.717) is 17.0 Å². The van der Waals surface area contributed by atoms with Gasteiger partial charge in [-0.05, 0) is 50.6 Å². The lowest BCUT2D eigenvalue weighted by atomic mass is 10.0. The molecule has 24 heavy (non-hydrogen) atoms. The maximum atomic E-state index is 12.8. The van der Waals surface area contributed by atoms with Gasteiger partial charge in [-0.1, -0.05) is 34.1 Å². The number of Topliss-reactive ketones (excluding diaryl/α,β-unsaturated/α-hetero) is 1. The molecule has 5 heteroatoms. The van der Waals surface area contributed by atoms with E-state index in [1.165, 1.54) is 4.90 Å². The molecule has 0 unspecified atom stereocenters. The van der Waals surface area contributed by atoms with Crippen LogP contribution >= 0.6 is 15.9 Å². The molecule has 0 fully saturated rings. The Labute approximate surface area is 149 Å². The molecule has 2 aromatic rings. The van der Waals surface area contributed by atoms with Crippen molar-refractivity contribution in [2.45, 2.75) is 26.4 Å². The Hall–Kier alpha value is -2.14. The van der Waals surface area contributed by atoms with E-state index < -0.39 is 5.60 Å². The van der Waals surface area contributed by atoms with Crippen molar-refractivity contribution in [3.63, 3.8) is 0 Å². The van der Waals surface area contributed by atoms with Crippen LogP contribution in [0.2, 0.25) is 0 Å². The molecule has 0 atom stereocenters. The molecule has 0 aliphatic carbocycles. The van der Waals surface area contributed by atoms with Crippen molar-refractivity contribution in [3.8, 4) is 5.75 Å². The second kappa shape index (κ2) is 6.06. The zero-order valence-corrected chi connectivity index (χ0v) is 15.4. The van der Waals surface area contributed by atoms with Crippen LogP contribution in [0.1, 0.15) is 29.8 Å². The quantitative estimate of drug-likeness (QED) is 0.743. The minimum absolute atomic E-state index is 0.0102. The maximum absolute atomic E-state index is 12.8. The van der Waals surface area contributed by atoms with Crippen LogP contribution in [0.3, 0.4) is 0 Å². The normalized spacial score (nSPS) is 15.7. The topological polar surface area (TPSA) is 46.6 Å². The van der Waals surface area contributed by atoms with E-state index in [4.69, 9.17) is 4.74 Å². The molecule has 2 aromatic carbocycles. The number of benzene rings is 2. The van der Waals surface area contributed by atoms with Crippen LogP contribution in [0, 0.1) is 6.92 Å². The van der Waals surface area contributed by atoms with Crippen molar-refractivity contribution < 1.29 is 14.3 Å². The number of aryl methyl sites for hydroxylation is 1. The Morgan fingerprint density at radius 2 is 1.83 bits per heavy atom. The molecule has 124 valence electrons. The Morgan fingerprint density at radius 3 is 2.50 bits per heavy atom. The van der Waals surface area contributed by atoms with Gasteiger partial charge in [-0.25, -0.2) is 0 Å². The number of hydrogen-bond donors (Lipinski definition) is 0. The lowest BCUT2D eigenvalue weighted by Gasteiger charge is -2.38. The van der Waals surface area contributed by atoms with E-state index in [1.54, 1.807) is 26.0 Å². The Kier molecular flexibility index (Phi) is 4.22. The van der Waals surface area contributed by atoms with E-state index in [-0.39, 0.29) is 18.2 Å². The lowest BCUT2D eigenvalue weighted by molar-refractivity contribution is -0.132. The highest BCUT2D eigenvalue weighted by Crippen LogP contribution is 2.38. The molecule has 1 aliphatic heterocycles. The van der Waals surface area contributed by atoms with Crippen LogP contribution in [0.25, 0.3) is 0 Å². The lowest BCUT2D eigenvalue weighted by Crippen LogP contribution is -2.53. The van der Waals surface area contributed by atoms with Crippen LogP contribution in [0.5, 0.6) is 5.75 Å². The fourth-order valence-corrected chi connectivity index (χ4v) is 2.97. The third-order valence-corrected chi connectivity index (χ3v) is 4.53. The number of anilines is 1. The number of halogens is 1. The molecule has 0 bridgehead atoms. The van der Waals surface area contributed by atoms with Gasteiger partial charge in [0.05, 0.1) is 12.2 Å². The van der Waals surface area contributed by atoms with Crippen LogP contribution in [0.4, 0.5) is 5.69 Å². The van der Waals surface area contributed by atoms with Gasteiger partial charge in [0, 0.05) is 10.0 Å². The maximum Gasteiger partial charge on any atom is 0.271 e. The van der Waals surface area contributed by atoms with Gasteiger partial charge in [0.1, 0.15) is 5.75 Å². The SMILES string of the molecule is Cc1ccc2c(c1)N(CC(=O)c1ccc(Br)cc1)C(=O)C(C)(C)O2. The number of carbonyl (C=O) groups is 2. The highest BCUT2D eigenvalue weighted by molar-refractivity contribution is 9.10. The monoisotopic (exact) mass is 387 g/mol. The number of ketones is 1. The Balaban J connectivity index is 1.96. The van der Waals surface area contributed by atoms with E-state index in [1.807, 2.05) is 37.3 Å². The largest absolute Gasteiger partial charge is 0.476 e. The molecule has 0 saturated carbocycles. The van der Waals surface area contributed by atoms with Gasteiger partial charge < -0.3 is 4.74 Å². The molecular formula is C19H18BrNO3. The van der Waals surface area contributed by atoms with Crippen molar-refractivity contribution in [1.82, 2.24) is 0 Å². The van der Waals surface area contributed by atoms with Gasteiger partial charge in [-0.2, -0.15) is 0 Å². The smallest absolute Gasteiger partial charge is 0.271 e. The first kappa shape index (κ1) is 16.7. The number of amides is 1. The molecule has 3 rings (SSSR count). The highest BCUT2D eigenvalue weighted by Gasteiger charge is 2.41. The van der Waals surface area contributed by atoms with Gasteiger partial charge in [0.25, 0.3) is 5.91 Å². The summed E-state index contributed by atoms with van der Waals surface area (Å²) in [4.78, 5) is 26.9. The van der Waals surface area contributed by atoms with Crippen molar-refractivity contribution in [2.75, 3.05) is 11.4 Å². The van der Waals surface area contributed by atoms with E-state index in [2.05, 4.69) is 15.9 Å². The summed E-state index contributed by atoms with van der Waals surface area (Å²) in [5, 5.41) is 0. The number of hydrogen-bond acceptors (Lipinski definition) is 3. The molecule has 0 aromatic heterocycles. The number of carbonyl (C=O) groups excluding carboxylic acids is 2. The van der Waals surface area contributed by atoms with Crippen molar-refractivity contribution in [3.05, 3.63) is 58.1 Å². The van der Waals surface area contributed by atoms with E-state index in [9.17, 15) is 9.59 Å². The van der Waals surface area contributed by atoms with Crippen LogP contribution < -0.4 is 9.64 Å². The standard InChI is InChI=1S/C19H18BrNO3/c1-12-4-9-17-15(10-12)21(18(23)19(2,3)24-17)11-16(22)13-5-7-14(20)8-6-13/h4-10H,11H2,1-3H3. The highest BCUT2D eigenvalue weighted by atomic mass is 79.9. The molecule has 1 aliphatic rings. The Bertz CT molecular complexity index is 812. The summed E-state index contributed by atoms with van der Waals surface area (Å²) in [7, 11) is 0. The van der Waals surface area contributed by atoms with Gasteiger partial charge in [0.15, 0.2) is 11.4 Å². The molecule has 0 spiro atoms. The van der Waals surface area contributed by atoms with Gasteiger partial charge in [0.2, 0.25) is 0 Å². The third kappa shape index (κ3) is 3.08. The van der Waals surface area contributed by atoms with Crippen LogP contribution in [-0.4, -0.2) is 23.8 Å². The molecule has 0 N–H and O–H groups in total. The number of rotatable bonds is 3. The second-order valence-corrected chi connectivity index (χ2v) is 7.32. The van der Waals surface area contributed by atoms with Gasteiger partial charge in [-0.15, -0.1) is 0 Å². The minimum atomic E-state index is -0.998. The second-order valence-electron chi connectivity index (χ2n) is 6.40. The molecule has 1 amide bonds. The predicted octanol–water partition coefficient (Wildman–Crippen LogP) is 4.14. The fourth-order valence-electron chi connectivity index (χ4n) is 2.71. The van der Waals surface area contributed by atoms with Gasteiger partial charge >= 0.3 is 0 Å². The summed E-state index contributed by atoms with van der Waals surface area (Å²) in [5.74, 6) is 0.292. The van der Waals surface area contributed by atoms with Gasteiger partial charge in [-0.3, -0.25) is 14.5 Å². The number of ether oxygens (including phenoxy) is 1. The molecule has 0 radical (unpaired) electrons. The number of nitrogens with zero attached hydrogens (tertiary/aromatic N) is 1. The van der Waals surface area contributed by atoms with Crippen molar-refractivity contribution >= 4 is 33.3 Å². The Morgan fingerprint density at radius 1 is 1.17 bits per heavy atom. The average Bonchev–Trinajstić information content (AvgIpc) is 2.53. The first-order valence-corrected chi connectivity index (χ1v) is 8.47. The zero-order valence-electron chi connectivity index (χ0n) is 13.8.